The normalized spacial score (nSPS) is 16.9. The number of aryl methyl sites for hydroxylation is 2. The van der Waals surface area contributed by atoms with Gasteiger partial charge in [-0.25, -0.2) is 0 Å². The van der Waals surface area contributed by atoms with Crippen LogP contribution in [0.5, 0.6) is 0 Å². The number of hydrogen-bond acceptors (Lipinski definition) is 2. The molecule has 0 radical (unpaired) electrons. The summed E-state index contributed by atoms with van der Waals surface area (Å²) in [6.07, 6.45) is -3.59. The first-order valence-corrected chi connectivity index (χ1v) is 6.45. The van der Waals surface area contributed by atoms with Crippen molar-refractivity contribution in [3.63, 3.8) is 0 Å². The van der Waals surface area contributed by atoms with Crippen molar-refractivity contribution >= 4 is 11.8 Å². The molecule has 0 saturated heterocycles. The molecule has 0 bridgehead atoms. The van der Waals surface area contributed by atoms with Gasteiger partial charge in [0.05, 0.1) is 0 Å². The van der Waals surface area contributed by atoms with Gasteiger partial charge < -0.3 is 5.11 Å². The molecule has 5 heteroatoms. The number of aliphatic hydroxyl groups is 1. The van der Waals surface area contributed by atoms with Crippen molar-refractivity contribution in [1.82, 2.24) is 0 Å². The number of rotatable bonds is 3. The average molecular weight is 262 g/mol. The summed E-state index contributed by atoms with van der Waals surface area (Å²) in [4.78, 5) is 0.800. The van der Waals surface area contributed by atoms with Gasteiger partial charge in [0.1, 0.15) is 0 Å². The van der Waals surface area contributed by atoms with Crippen molar-refractivity contribution in [2.75, 3.05) is 5.75 Å². The molecule has 0 amide bonds. The zero-order valence-electron chi connectivity index (χ0n) is 9.13. The van der Waals surface area contributed by atoms with Gasteiger partial charge in [0.25, 0.3) is 0 Å². The average Bonchev–Trinajstić information content (AvgIpc) is 2.71. The molecular formula is C12H13F3OS. The third-order valence-corrected chi connectivity index (χ3v) is 3.93. The first-order valence-electron chi connectivity index (χ1n) is 5.46. The molecule has 0 spiro atoms. The molecule has 1 aliphatic carbocycles. The number of hydrogen-bond donors (Lipinski definition) is 1. The number of fused-ring (bicyclic) bond motifs is 1. The van der Waals surface area contributed by atoms with E-state index in [0.29, 0.717) is 0 Å². The topological polar surface area (TPSA) is 20.2 Å². The van der Waals surface area contributed by atoms with Crippen molar-refractivity contribution < 1.29 is 18.3 Å². The van der Waals surface area contributed by atoms with Crippen LogP contribution in [0.3, 0.4) is 0 Å². The van der Waals surface area contributed by atoms with Gasteiger partial charge in [-0.05, 0) is 42.5 Å². The lowest BCUT2D eigenvalue weighted by Crippen LogP contribution is -2.30. The van der Waals surface area contributed by atoms with Crippen LogP contribution in [0.15, 0.2) is 23.1 Å². The third kappa shape index (κ3) is 3.16. The standard InChI is InChI=1S/C12H13F3OS/c13-12(14,15)11(16)7-17-10-5-4-8-2-1-3-9(8)6-10/h4-6,11,16H,1-3,7H2. The van der Waals surface area contributed by atoms with Crippen LogP contribution in [0.2, 0.25) is 0 Å². The summed E-state index contributed by atoms with van der Waals surface area (Å²) in [5.41, 5.74) is 2.53. The first kappa shape index (κ1) is 12.8. The van der Waals surface area contributed by atoms with Gasteiger partial charge in [0.2, 0.25) is 0 Å². The SMILES string of the molecule is OC(CSc1ccc2c(c1)CCC2)C(F)(F)F. The molecule has 0 aromatic heterocycles. The fraction of sp³-hybridized carbons (Fsp3) is 0.500. The van der Waals surface area contributed by atoms with Gasteiger partial charge in [0, 0.05) is 10.6 Å². The predicted octanol–water partition coefficient (Wildman–Crippen LogP) is 3.19. The quantitative estimate of drug-likeness (QED) is 0.844. The van der Waals surface area contributed by atoms with E-state index >= 15 is 0 Å². The van der Waals surface area contributed by atoms with Crippen molar-refractivity contribution in [2.45, 2.75) is 36.4 Å². The van der Waals surface area contributed by atoms with Crippen LogP contribution in [0.1, 0.15) is 17.5 Å². The Morgan fingerprint density at radius 1 is 1.24 bits per heavy atom. The number of aliphatic hydroxyl groups excluding tert-OH is 1. The molecule has 0 fully saturated rings. The Labute approximate surface area is 102 Å². The molecule has 94 valence electrons. The van der Waals surface area contributed by atoms with Gasteiger partial charge in [-0.1, -0.05) is 6.07 Å². The smallest absolute Gasteiger partial charge is 0.383 e. The summed E-state index contributed by atoms with van der Waals surface area (Å²) in [7, 11) is 0. The third-order valence-electron chi connectivity index (χ3n) is 2.86. The lowest BCUT2D eigenvalue weighted by Gasteiger charge is -2.14. The van der Waals surface area contributed by atoms with Crippen LogP contribution >= 0.6 is 11.8 Å². The fourth-order valence-corrected chi connectivity index (χ4v) is 2.84. The van der Waals surface area contributed by atoms with E-state index in [1.807, 2.05) is 18.2 Å². The van der Waals surface area contributed by atoms with Crippen molar-refractivity contribution in [1.29, 1.82) is 0 Å². The molecular weight excluding hydrogens is 249 g/mol. The minimum absolute atomic E-state index is 0.345. The molecule has 1 atom stereocenters. The second kappa shape index (κ2) is 4.90. The van der Waals surface area contributed by atoms with Crippen LogP contribution < -0.4 is 0 Å². The van der Waals surface area contributed by atoms with E-state index < -0.39 is 12.3 Å². The van der Waals surface area contributed by atoms with Gasteiger partial charge in [-0.15, -0.1) is 11.8 Å². The molecule has 17 heavy (non-hydrogen) atoms. The second-order valence-electron chi connectivity index (χ2n) is 4.15. The summed E-state index contributed by atoms with van der Waals surface area (Å²) < 4.78 is 36.3. The molecule has 1 aromatic carbocycles. The summed E-state index contributed by atoms with van der Waals surface area (Å²) in [6.45, 7) is 0. The van der Waals surface area contributed by atoms with Gasteiger partial charge >= 0.3 is 6.18 Å². The van der Waals surface area contributed by atoms with Crippen LogP contribution in [0.25, 0.3) is 0 Å². The van der Waals surface area contributed by atoms with E-state index in [-0.39, 0.29) is 5.75 Å². The van der Waals surface area contributed by atoms with E-state index in [2.05, 4.69) is 0 Å². The van der Waals surface area contributed by atoms with Crippen LogP contribution in [-0.2, 0) is 12.8 Å². The number of benzene rings is 1. The number of thioether (sulfide) groups is 1. The highest BCUT2D eigenvalue weighted by atomic mass is 32.2. The molecule has 2 rings (SSSR count). The molecule has 0 heterocycles. The maximum absolute atomic E-state index is 12.1. The second-order valence-corrected chi connectivity index (χ2v) is 5.25. The molecule has 0 saturated carbocycles. The number of alkyl halides is 3. The van der Waals surface area contributed by atoms with Crippen molar-refractivity contribution in [2.24, 2.45) is 0 Å². The molecule has 1 aliphatic rings. The Morgan fingerprint density at radius 3 is 2.65 bits per heavy atom. The first-order chi connectivity index (χ1) is 7.97. The van der Waals surface area contributed by atoms with Gasteiger partial charge in [0.15, 0.2) is 6.10 Å². The molecule has 0 aliphatic heterocycles. The van der Waals surface area contributed by atoms with Crippen LogP contribution in [-0.4, -0.2) is 23.1 Å². The van der Waals surface area contributed by atoms with Crippen LogP contribution in [0, 0.1) is 0 Å². The summed E-state index contributed by atoms with van der Waals surface area (Å²) in [5.74, 6) is -0.345. The predicted molar refractivity (Wildman–Crippen MR) is 61.3 cm³/mol. The lowest BCUT2D eigenvalue weighted by molar-refractivity contribution is -0.195. The summed E-state index contributed by atoms with van der Waals surface area (Å²) in [6, 6.07) is 5.75. The van der Waals surface area contributed by atoms with Gasteiger partial charge in [-0.3, -0.25) is 0 Å². The Kier molecular flexibility index (Phi) is 3.68. The maximum Gasteiger partial charge on any atom is 0.415 e. The van der Waals surface area contributed by atoms with Gasteiger partial charge in [-0.2, -0.15) is 13.2 Å². The highest BCUT2D eigenvalue weighted by molar-refractivity contribution is 7.99. The Bertz CT molecular complexity index is 403. The van der Waals surface area contributed by atoms with Crippen molar-refractivity contribution in [3.05, 3.63) is 29.3 Å². The highest BCUT2D eigenvalue weighted by Crippen LogP contribution is 2.30. The summed E-state index contributed by atoms with van der Waals surface area (Å²) >= 11 is 1.05. The van der Waals surface area contributed by atoms with E-state index in [0.717, 1.165) is 35.9 Å². The lowest BCUT2D eigenvalue weighted by atomic mass is 10.1. The minimum Gasteiger partial charge on any atom is -0.383 e. The van der Waals surface area contributed by atoms with Crippen LogP contribution in [0.4, 0.5) is 13.2 Å². The van der Waals surface area contributed by atoms with E-state index in [9.17, 15) is 13.2 Å². The Morgan fingerprint density at radius 2 is 1.94 bits per heavy atom. The summed E-state index contributed by atoms with van der Waals surface area (Å²) in [5, 5.41) is 8.89. The molecule has 1 nitrogen and oxygen atoms in total. The monoisotopic (exact) mass is 262 g/mol. The number of halogens is 3. The molecule has 1 N–H and O–H groups in total. The maximum atomic E-state index is 12.1. The fourth-order valence-electron chi connectivity index (χ4n) is 1.91. The Balaban J connectivity index is 1.96. The molecule has 1 unspecified atom stereocenters. The zero-order valence-corrected chi connectivity index (χ0v) is 9.94. The molecule has 1 aromatic rings. The minimum atomic E-state index is -4.52. The van der Waals surface area contributed by atoms with Crippen molar-refractivity contribution in [3.8, 4) is 0 Å². The largest absolute Gasteiger partial charge is 0.415 e. The van der Waals surface area contributed by atoms with E-state index in [1.165, 1.54) is 11.1 Å². The van der Waals surface area contributed by atoms with E-state index in [1.54, 1.807) is 0 Å². The zero-order chi connectivity index (χ0) is 12.5. The highest BCUT2D eigenvalue weighted by Gasteiger charge is 2.37. The Hall–Kier alpha value is -0.680. The van der Waals surface area contributed by atoms with E-state index in [4.69, 9.17) is 5.11 Å².